The number of aromatic amines is 1. The van der Waals surface area contributed by atoms with Gasteiger partial charge in [-0.2, -0.15) is 18.4 Å². The number of halogens is 5. The van der Waals surface area contributed by atoms with Crippen molar-refractivity contribution in [1.82, 2.24) is 25.6 Å². The minimum Gasteiger partial charge on any atom is -0.326 e. The maximum absolute atomic E-state index is 15.3. The number of hydrogen-bond donors (Lipinski definition) is 2. The molecule has 0 radical (unpaired) electrons. The van der Waals surface area contributed by atoms with Crippen LogP contribution in [0.2, 0.25) is 5.02 Å². The molecular weight excluding hydrogens is 488 g/mol. The number of carbonyl (C=O) groups excluding carboxylic acids is 1. The summed E-state index contributed by atoms with van der Waals surface area (Å²) in [4.78, 5) is 16.2. The van der Waals surface area contributed by atoms with E-state index in [0.717, 1.165) is 30.0 Å². The number of pyridine rings is 1. The lowest BCUT2D eigenvalue weighted by molar-refractivity contribution is -0.141. The highest BCUT2D eigenvalue weighted by atomic mass is 35.5. The number of aromatic nitrogens is 5. The predicted octanol–water partition coefficient (Wildman–Crippen LogP) is 5.48. The lowest BCUT2D eigenvalue weighted by atomic mass is 9.98. The van der Waals surface area contributed by atoms with Gasteiger partial charge in [-0.1, -0.05) is 29.8 Å². The van der Waals surface area contributed by atoms with Gasteiger partial charge in [-0.3, -0.25) is 9.78 Å². The number of nitrogens with one attached hydrogen (secondary N) is 2. The Morgan fingerprint density at radius 1 is 1.11 bits per heavy atom. The van der Waals surface area contributed by atoms with Gasteiger partial charge in [-0.25, -0.2) is 4.39 Å². The van der Waals surface area contributed by atoms with Gasteiger partial charge in [-0.05, 0) is 53.4 Å². The van der Waals surface area contributed by atoms with Gasteiger partial charge in [0.15, 0.2) is 0 Å². The molecular formula is C23H15ClF4N6O. The summed E-state index contributed by atoms with van der Waals surface area (Å²) >= 11 is 5.91. The first-order chi connectivity index (χ1) is 16.7. The van der Waals surface area contributed by atoms with E-state index in [0.29, 0.717) is 11.4 Å². The Kier molecular flexibility index (Phi) is 5.72. The molecule has 1 saturated carbocycles. The summed E-state index contributed by atoms with van der Waals surface area (Å²) < 4.78 is 53.9. The molecule has 2 N–H and O–H groups in total. The van der Waals surface area contributed by atoms with Crippen LogP contribution >= 0.6 is 11.6 Å². The van der Waals surface area contributed by atoms with Crippen molar-refractivity contribution < 1.29 is 22.4 Å². The Bertz CT molecular complexity index is 1380. The second-order valence-electron chi connectivity index (χ2n) is 8.04. The highest BCUT2D eigenvalue weighted by Gasteiger charge is 2.44. The fourth-order valence-electron chi connectivity index (χ4n) is 3.93. The van der Waals surface area contributed by atoms with Crippen LogP contribution in [0.5, 0.6) is 0 Å². The normalized spacial score (nSPS) is 17.3. The highest BCUT2D eigenvalue weighted by molar-refractivity contribution is 6.30. The van der Waals surface area contributed by atoms with E-state index in [2.05, 4.69) is 30.9 Å². The number of alkyl halides is 3. The average molecular weight is 503 g/mol. The van der Waals surface area contributed by atoms with Gasteiger partial charge in [0.1, 0.15) is 11.5 Å². The summed E-state index contributed by atoms with van der Waals surface area (Å²) in [5, 5.41) is 16.8. The monoisotopic (exact) mass is 502 g/mol. The molecule has 4 aromatic rings. The SMILES string of the molecule is O=C(Nc1cc(F)c(-c2ccc(C(F)(F)F)nc2)c(-c2nn[nH]n2)c1)C1CC1c1ccc(Cl)cc1. The maximum Gasteiger partial charge on any atom is 0.433 e. The third kappa shape index (κ3) is 4.72. The number of hydrogen-bond acceptors (Lipinski definition) is 5. The van der Waals surface area contributed by atoms with Crippen molar-refractivity contribution in [3.63, 3.8) is 0 Å². The van der Waals surface area contributed by atoms with Crippen LogP contribution in [0.4, 0.5) is 23.2 Å². The topological polar surface area (TPSA) is 96.5 Å². The average Bonchev–Trinajstić information content (AvgIpc) is 3.43. The Morgan fingerprint density at radius 2 is 1.89 bits per heavy atom. The van der Waals surface area contributed by atoms with E-state index in [4.69, 9.17) is 11.6 Å². The minimum atomic E-state index is -4.63. The fourth-order valence-corrected chi connectivity index (χ4v) is 4.06. The van der Waals surface area contributed by atoms with Gasteiger partial charge in [-0.15, -0.1) is 10.2 Å². The van der Waals surface area contributed by atoms with Crippen LogP contribution in [0.3, 0.4) is 0 Å². The minimum absolute atomic E-state index is 0.000333. The van der Waals surface area contributed by atoms with Crippen molar-refractivity contribution in [2.45, 2.75) is 18.5 Å². The Labute approximate surface area is 200 Å². The summed E-state index contributed by atoms with van der Waals surface area (Å²) in [6.45, 7) is 0. The molecule has 7 nitrogen and oxygen atoms in total. The van der Waals surface area contributed by atoms with E-state index < -0.39 is 17.7 Å². The molecule has 0 saturated heterocycles. The molecule has 1 aliphatic rings. The number of amides is 1. The lowest BCUT2D eigenvalue weighted by Gasteiger charge is -2.13. The molecule has 0 bridgehead atoms. The van der Waals surface area contributed by atoms with E-state index in [-0.39, 0.29) is 45.9 Å². The first-order valence-corrected chi connectivity index (χ1v) is 10.8. The lowest BCUT2D eigenvalue weighted by Crippen LogP contribution is -2.15. The molecule has 2 aromatic heterocycles. The molecule has 2 heterocycles. The molecule has 35 heavy (non-hydrogen) atoms. The molecule has 0 aliphatic heterocycles. The summed E-state index contributed by atoms with van der Waals surface area (Å²) in [5.74, 6) is -1.33. The number of carbonyl (C=O) groups is 1. The molecule has 5 rings (SSSR count). The third-order valence-electron chi connectivity index (χ3n) is 5.71. The van der Waals surface area contributed by atoms with Crippen LogP contribution in [0.25, 0.3) is 22.5 Å². The molecule has 2 aromatic carbocycles. The van der Waals surface area contributed by atoms with Crippen LogP contribution in [0, 0.1) is 11.7 Å². The van der Waals surface area contributed by atoms with Crippen molar-refractivity contribution in [3.05, 3.63) is 76.8 Å². The standard InChI is InChI=1S/C23H15ClF4N6O/c24-13-4-1-11(2-5-13)15-9-16(15)22(35)30-14-7-17(21-31-33-34-32-21)20(18(25)8-14)12-3-6-19(29-10-12)23(26,27)28/h1-8,10,15-16H,9H2,(H,30,35)(H,31,32,33,34). The summed E-state index contributed by atoms with van der Waals surface area (Å²) in [6.07, 6.45) is -3.07. The number of tetrazole rings is 1. The van der Waals surface area contributed by atoms with E-state index in [9.17, 15) is 18.0 Å². The van der Waals surface area contributed by atoms with Gasteiger partial charge in [0.2, 0.25) is 11.7 Å². The summed E-state index contributed by atoms with van der Waals surface area (Å²) in [5.41, 5.74) is 0.164. The number of anilines is 1. The molecule has 1 fully saturated rings. The maximum atomic E-state index is 15.3. The highest BCUT2D eigenvalue weighted by Crippen LogP contribution is 2.48. The van der Waals surface area contributed by atoms with Crippen molar-refractivity contribution in [1.29, 1.82) is 0 Å². The van der Waals surface area contributed by atoms with Crippen molar-refractivity contribution in [2.75, 3.05) is 5.32 Å². The first kappa shape index (κ1) is 22.9. The predicted molar refractivity (Wildman–Crippen MR) is 119 cm³/mol. The van der Waals surface area contributed by atoms with E-state index >= 15 is 4.39 Å². The van der Waals surface area contributed by atoms with E-state index in [1.807, 2.05) is 12.1 Å². The zero-order valence-electron chi connectivity index (χ0n) is 17.6. The van der Waals surface area contributed by atoms with Gasteiger partial charge in [0.05, 0.1) is 0 Å². The Morgan fingerprint density at radius 3 is 2.51 bits per heavy atom. The molecule has 12 heteroatoms. The number of rotatable bonds is 5. The van der Waals surface area contributed by atoms with Crippen LogP contribution in [0.15, 0.2) is 54.7 Å². The van der Waals surface area contributed by atoms with E-state index in [1.165, 1.54) is 6.07 Å². The number of H-pyrrole nitrogens is 1. The molecule has 0 spiro atoms. The Hall–Kier alpha value is -3.86. The van der Waals surface area contributed by atoms with E-state index in [1.54, 1.807) is 12.1 Å². The van der Waals surface area contributed by atoms with Crippen molar-refractivity contribution >= 4 is 23.2 Å². The summed E-state index contributed by atoms with van der Waals surface area (Å²) in [7, 11) is 0. The second-order valence-corrected chi connectivity index (χ2v) is 8.47. The third-order valence-corrected chi connectivity index (χ3v) is 5.96. The smallest absolute Gasteiger partial charge is 0.326 e. The van der Waals surface area contributed by atoms with Crippen LogP contribution < -0.4 is 5.32 Å². The van der Waals surface area contributed by atoms with Crippen molar-refractivity contribution in [3.8, 4) is 22.5 Å². The number of nitrogens with zero attached hydrogens (tertiary/aromatic N) is 4. The van der Waals surface area contributed by atoms with Crippen LogP contribution in [-0.2, 0) is 11.0 Å². The van der Waals surface area contributed by atoms with Gasteiger partial charge < -0.3 is 5.32 Å². The zero-order valence-corrected chi connectivity index (χ0v) is 18.4. The molecule has 1 aliphatic carbocycles. The molecule has 2 atom stereocenters. The number of benzene rings is 2. The zero-order chi connectivity index (χ0) is 24.7. The van der Waals surface area contributed by atoms with Gasteiger partial charge in [0, 0.05) is 39.5 Å². The second kappa shape index (κ2) is 8.73. The van der Waals surface area contributed by atoms with Gasteiger partial charge >= 0.3 is 6.18 Å². The van der Waals surface area contributed by atoms with Crippen molar-refractivity contribution in [2.24, 2.45) is 5.92 Å². The quantitative estimate of drug-likeness (QED) is 0.352. The van der Waals surface area contributed by atoms with Gasteiger partial charge in [0.25, 0.3) is 0 Å². The molecule has 1 amide bonds. The van der Waals surface area contributed by atoms with Crippen LogP contribution in [-0.4, -0.2) is 31.5 Å². The Balaban J connectivity index is 1.43. The first-order valence-electron chi connectivity index (χ1n) is 10.4. The summed E-state index contributed by atoms with van der Waals surface area (Å²) in [6, 6.07) is 11.6. The molecule has 2 unspecified atom stereocenters. The largest absolute Gasteiger partial charge is 0.433 e. The van der Waals surface area contributed by atoms with Crippen LogP contribution in [0.1, 0.15) is 23.6 Å². The molecule has 178 valence electrons. The fraction of sp³-hybridized carbons (Fsp3) is 0.174.